The lowest BCUT2D eigenvalue weighted by Crippen LogP contribution is -2.14. The number of halogens is 1. The van der Waals surface area contributed by atoms with Crippen molar-refractivity contribution in [3.63, 3.8) is 0 Å². The Morgan fingerprint density at radius 2 is 2.22 bits per heavy atom. The van der Waals surface area contributed by atoms with Crippen molar-refractivity contribution in [3.8, 4) is 0 Å². The minimum Gasteiger partial charge on any atom is -0.461 e. The molecule has 5 heteroatoms. The quantitative estimate of drug-likeness (QED) is 0.622. The number of hydrogen-bond acceptors (Lipinski definition) is 4. The summed E-state index contributed by atoms with van der Waals surface area (Å²) >= 11 is 9.57. The molecule has 0 N–H and O–H groups in total. The van der Waals surface area contributed by atoms with E-state index in [4.69, 9.17) is 16.3 Å². The van der Waals surface area contributed by atoms with Crippen molar-refractivity contribution in [1.29, 1.82) is 0 Å². The summed E-state index contributed by atoms with van der Waals surface area (Å²) in [6.45, 7) is 3.83. The third-order valence-electron chi connectivity index (χ3n) is 2.47. The number of hydrogen-bond donors (Lipinski definition) is 0. The highest BCUT2D eigenvalue weighted by atomic mass is 35.5. The fourth-order valence-corrected chi connectivity index (χ4v) is 4.91. The summed E-state index contributed by atoms with van der Waals surface area (Å²) in [5, 5.41) is 1.10. The van der Waals surface area contributed by atoms with Crippen LogP contribution >= 0.6 is 35.1 Å². The number of benzene rings is 1. The lowest BCUT2D eigenvalue weighted by Gasteiger charge is -2.10. The van der Waals surface area contributed by atoms with Gasteiger partial charge < -0.3 is 4.74 Å². The molecule has 2 atom stereocenters. The predicted molar refractivity (Wildman–Crippen MR) is 79.2 cm³/mol. The maximum absolute atomic E-state index is 11.0. The van der Waals surface area contributed by atoms with Gasteiger partial charge in [-0.25, -0.2) is 4.79 Å². The van der Waals surface area contributed by atoms with Crippen LogP contribution in [0, 0.1) is 0 Å². The minimum absolute atomic E-state index is 0.347. The van der Waals surface area contributed by atoms with Gasteiger partial charge in [0.15, 0.2) is 0 Å². The molecule has 2 rings (SSSR count). The molecule has 1 aromatic rings. The SMILES string of the molecule is C=CC(=O)OCC1CSC(c2ccc(Cl)cc2)S1. The number of esters is 1. The topological polar surface area (TPSA) is 26.3 Å². The van der Waals surface area contributed by atoms with Gasteiger partial charge in [-0.15, -0.1) is 23.5 Å². The summed E-state index contributed by atoms with van der Waals surface area (Å²) in [6, 6.07) is 7.91. The molecule has 1 aliphatic rings. The lowest BCUT2D eigenvalue weighted by molar-refractivity contribution is -0.137. The van der Waals surface area contributed by atoms with Crippen molar-refractivity contribution in [3.05, 3.63) is 47.5 Å². The molecule has 0 saturated carbocycles. The van der Waals surface area contributed by atoms with Crippen molar-refractivity contribution in [2.24, 2.45) is 0 Å². The molecule has 1 aromatic carbocycles. The zero-order chi connectivity index (χ0) is 13.0. The van der Waals surface area contributed by atoms with Gasteiger partial charge in [0, 0.05) is 22.1 Å². The minimum atomic E-state index is -0.351. The van der Waals surface area contributed by atoms with Crippen LogP contribution in [0.1, 0.15) is 10.1 Å². The van der Waals surface area contributed by atoms with Gasteiger partial charge in [-0.3, -0.25) is 0 Å². The fourth-order valence-electron chi connectivity index (χ4n) is 1.56. The second-order valence-electron chi connectivity index (χ2n) is 3.81. The molecule has 1 saturated heterocycles. The van der Waals surface area contributed by atoms with Gasteiger partial charge in [0.25, 0.3) is 0 Å². The van der Waals surface area contributed by atoms with Crippen LogP contribution in [0.15, 0.2) is 36.9 Å². The van der Waals surface area contributed by atoms with Crippen LogP contribution in [-0.4, -0.2) is 23.6 Å². The van der Waals surface area contributed by atoms with Gasteiger partial charge >= 0.3 is 5.97 Å². The first-order chi connectivity index (χ1) is 8.69. The van der Waals surface area contributed by atoms with Crippen LogP contribution in [0.4, 0.5) is 0 Å². The van der Waals surface area contributed by atoms with Crippen LogP contribution < -0.4 is 0 Å². The Balaban J connectivity index is 1.86. The van der Waals surface area contributed by atoms with Gasteiger partial charge in [0.2, 0.25) is 0 Å². The van der Waals surface area contributed by atoms with Crippen LogP contribution in [0.25, 0.3) is 0 Å². The van der Waals surface area contributed by atoms with Crippen molar-refractivity contribution < 1.29 is 9.53 Å². The van der Waals surface area contributed by atoms with Crippen LogP contribution in [0.5, 0.6) is 0 Å². The molecule has 0 spiro atoms. The van der Waals surface area contributed by atoms with Crippen LogP contribution in [0.2, 0.25) is 5.02 Å². The fraction of sp³-hybridized carbons (Fsp3) is 0.308. The summed E-state index contributed by atoms with van der Waals surface area (Å²) in [5.74, 6) is 0.637. The first kappa shape index (κ1) is 13.8. The highest BCUT2D eigenvalue weighted by molar-refractivity contribution is 8.19. The Kier molecular flexibility index (Phi) is 5.03. The van der Waals surface area contributed by atoms with Crippen molar-refractivity contribution in [1.82, 2.24) is 0 Å². The summed E-state index contributed by atoms with van der Waals surface area (Å²) in [4.78, 5) is 11.0. The van der Waals surface area contributed by atoms with Gasteiger partial charge in [-0.05, 0) is 17.7 Å². The smallest absolute Gasteiger partial charge is 0.330 e. The van der Waals surface area contributed by atoms with Gasteiger partial charge in [-0.2, -0.15) is 0 Å². The van der Waals surface area contributed by atoms with E-state index >= 15 is 0 Å². The monoisotopic (exact) mass is 300 g/mol. The van der Waals surface area contributed by atoms with Crippen LogP contribution in [0.3, 0.4) is 0 Å². The van der Waals surface area contributed by atoms with E-state index in [2.05, 4.69) is 6.58 Å². The molecule has 2 nitrogen and oxygen atoms in total. The van der Waals surface area contributed by atoms with E-state index in [9.17, 15) is 4.79 Å². The zero-order valence-electron chi connectivity index (χ0n) is 9.67. The number of rotatable bonds is 4. The number of ether oxygens (including phenoxy) is 1. The molecule has 1 heterocycles. The summed E-state index contributed by atoms with van der Waals surface area (Å²) in [7, 11) is 0. The van der Waals surface area contributed by atoms with E-state index in [0.717, 1.165) is 10.8 Å². The van der Waals surface area contributed by atoms with E-state index in [1.165, 1.54) is 11.6 Å². The lowest BCUT2D eigenvalue weighted by atomic mass is 10.2. The van der Waals surface area contributed by atoms with Crippen molar-refractivity contribution in [2.45, 2.75) is 9.83 Å². The van der Waals surface area contributed by atoms with Gasteiger partial charge in [-0.1, -0.05) is 30.3 Å². The maximum Gasteiger partial charge on any atom is 0.330 e. The van der Waals surface area contributed by atoms with Crippen LogP contribution in [-0.2, 0) is 9.53 Å². The standard InChI is InChI=1S/C13H13ClO2S2/c1-2-12(15)16-7-11-8-17-13(18-11)9-3-5-10(14)6-4-9/h2-6,11,13H,1,7-8H2. The largest absolute Gasteiger partial charge is 0.461 e. The Bertz CT molecular complexity index is 433. The molecule has 2 unspecified atom stereocenters. The molecule has 0 bridgehead atoms. The van der Waals surface area contributed by atoms with E-state index in [-0.39, 0.29) is 5.97 Å². The second-order valence-corrected chi connectivity index (χ2v) is 7.09. The zero-order valence-corrected chi connectivity index (χ0v) is 12.1. The van der Waals surface area contributed by atoms with Crippen molar-refractivity contribution in [2.75, 3.05) is 12.4 Å². The average molecular weight is 301 g/mol. The molecular weight excluding hydrogens is 288 g/mol. The third kappa shape index (κ3) is 3.70. The molecule has 1 aliphatic heterocycles. The molecule has 0 radical (unpaired) electrons. The predicted octanol–water partition coefficient (Wildman–Crippen LogP) is 3.92. The van der Waals surface area contributed by atoms with E-state index < -0.39 is 0 Å². The highest BCUT2D eigenvalue weighted by Crippen LogP contribution is 2.49. The van der Waals surface area contributed by atoms with Crippen molar-refractivity contribution >= 4 is 41.1 Å². The Morgan fingerprint density at radius 3 is 2.89 bits per heavy atom. The molecule has 0 aliphatic carbocycles. The Morgan fingerprint density at radius 1 is 1.50 bits per heavy atom. The maximum atomic E-state index is 11.0. The summed E-state index contributed by atoms with van der Waals surface area (Å²) in [6.07, 6.45) is 1.20. The third-order valence-corrected chi connectivity index (χ3v) is 6.05. The van der Waals surface area contributed by atoms with Gasteiger partial charge in [0.1, 0.15) is 6.61 Å². The summed E-state index contributed by atoms with van der Waals surface area (Å²) in [5.41, 5.74) is 1.26. The van der Waals surface area contributed by atoms with E-state index in [1.54, 1.807) is 0 Å². The molecule has 18 heavy (non-hydrogen) atoms. The molecule has 0 amide bonds. The van der Waals surface area contributed by atoms with E-state index in [0.29, 0.717) is 16.4 Å². The number of carbonyl (C=O) groups is 1. The first-order valence-corrected chi connectivity index (χ1v) is 7.87. The molecule has 96 valence electrons. The Hall–Kier alpha value is -0.580. The highest BCUT2D eigenvalue weighted by Gasteiger charge is 2.27. The molecular formula is C13H13ClO2S2. The molecule has 0 aromatic heterocycles. The van der Waals surface area contributed by atoms with Gasteiger partial charge in [0.05, 0.1) is 4.58 Å². The normalized spacial score (nSPS) is 22.7. The van der Waals surface area contributed by atoms with E-state index in [1.807, 2.05) is 47.8 Å². The summed E-state index contributed by atoms with van der Waals surface area (Å²) < 4.78 is 5.46. The molecule has 1 fully saturated rings. The first-order valence-electron chi connectivity index (χ1n) is 5.51. The number of thioether (sulfide) groups is 2. The number of carbonyl (C=O) groups excluding carboxylic acids is 1. The average Bonchev–Trinajstić information content (AvgIpc) is 2.85. The second kappa shape index (κ2) is 6.55. The Labute approximate surface area is 120 Å².